The molecule has 5 nitrogen and oxygen atoms in total. The van der Waals surface area contributed by atoms with E-state index in [0.717, 1.165) is 12.0 Å². The summed E-state index contributed by atoms with van der Waals surface area (Å²) in [5.74, 6) is 1.33. The van der Waals surface area contributed by atoms with Crippen molar-refractivity contribution < 1.29 is 9.47 Å². The molecule has 2 rings (SSSR count). The van der Waals surface area contributed by atoms with Gasteiger partial charge in [-0.25, -0.2) is 0 Å². The van der Waals surface area contributed by atoms with Gasteiger partial charge < -0.3 is 14.5 Å². The number of nitrogens with one attached hydrogen (secondary N) is 1. The van der Waals surface area contributed by atoms with Gasteiger partial charge in [0.2, 0.25) is 0 Å². The Bertz CT molecular complexity index is 729. The first-order valence-electron chi connectivity index (χ1n) is 6.64. The van der Waals surface area contributed by atoms with Gasteiger partial charge in [0, 0.05) is 5.56 Å². The van der Waals surface area contributed by atoms with Crippen LogP contribution in [-0.4, -0.2) is 18.7 Å². The molecule has 0 aliphatic carbocycles. The van der Waals surface area contributed by atoms with Crippen molar-refractivity contribution in [2.45, 2.75) is 13.3 Å². The fourth-order valence-electron chi connectivity index (χ4n) is 1.90. The minimum atomic E-state index is -0.417. The van der Waals surface area contributed by atoms with Crippen molar-refractivity contribution >= 4 is 0 Å². The summed E-state index contributed by atoms with van der Waals surface area (Å²) in [6.07, 6.45) is 0.884. The molecule has 1 aromatic carbocycles. The molecule has 5 heteroatoms. The molecule has 1 N–H and O–H groups in total. The first-order chi connectivity index (χ1) is 10.2. The lowest BCUT2D eigenvalue weighted by atomic mass is 10.1. The highest BCUT2D eigenvalue weighted by molar-refractivity contribution is 5.69. The molecule has 0 fully saturated rings. The second-order valence-electron chi connectivity index (χ2n) is 4.44. The Balaban J connectivity index is 2.52. The third kappa shape index (κ3) is 3.23. The van der Waals surface area contributed by atoms with Crippen LogP contribution in [0.15, 0.2) is 35.1 Å². The highest BCUT2D eigenvalue weighted by Crippen LogP contribution is 2.32. The molecule has 0 amide bonds. The first-order valence-corrected chi connectivity index (χ1v) is 6.64. The lowest BCUT2D eigenvalue weighted by Crippen LogP contribution is -2.10. The van der Waals surface area contributed by atoms with Gasteiger partial charge in [0.15, 0.2) is 0 Å². The molecule has 108 valence electrons. The van der Waals surface area contributed by atoms with Gasteiger partial charge in [-0.1, -0.05) is 6.92 Å². The van der Waals surface area contributed by atoms with E-state index in [9.17, 15) is 4.79 Å². The molecular formula is C16H16N2O3. The van der Waals surface area contributed by atoms with E-state index >= 15 is 0 Å². The van der Waals surface area contributed by atoms with E-state index in [2.05, 4.69) is 4.98 Å². The molecule has 0 saturated carbocycles. The van der Waals surface area contributed by atoms with Gasteiger partial charge in [0.25, 0.3) is 5.56 Å². The molecule has 0 aliphatic heterocycles. The van der Waals surface area contributed by atoms with Crippen LogP contribution in [-0.2, 0) is 0 Å². The number of H-pyrrole nitrogens is 1. The Kier molecular flexibility index (Phi) is 4.62. The minimum Gasteiger partial charge on any atom is -0.497 e. The predicted octanol–water partition coefficient (Wildman–Crippen LogP) is 2.71. The second-order valence-corrected chi connectivity index (χ2v) is 4.44. The van der Waals surface area contributed by atoms with Crippen LogP contribution in [0.1, 0.15) is 18.9 Å². The zero-order valence-electron chi connectivity index (χ0n) is 12.0. The molecule has 0 bridgehead atoms. The topological polar surface area (TPSA) is 75.1 Å². The largest absolute Gasteiger partial charge is 0.497 e. The Morgan fingerprint density at radius 3 is 2.71 bits per heavy atom. The number of benzene rings is 1. The van der Waals surface area contributed by atoms with Crippen LogP contribution in [0.25, 0.3) is 11.3 Å². The minimum absolute atomic E-state index is 0.0812. The average Bonchev–Trinajstić information content (AvgIpc) is 2.52. The van der Waals surface area contributed by atoms with E-state index in [1.54, 1.807) is 31.4 Å². The normalized spacial score (nSPS) is 9.95. The lowest BCUT2D eigenvalue weighted by molar-refractivity contribution is 0.318. The Morgan fingerprint density at radius 2 is 2.10 bits per heavy atom. The van der Waals surface area contributed by atoms with Gasteiger partial charge in [0.1, 0.15) is 23.1 Å². The summed E-state index contributed by atoms with van der Waals surface area (Å²) in [6.45, 7) is 2.60. The fourth-order valence-corrected chi connectivity index (χ4v) is 1.90. The number of pyridine rings is 1. The van der Waals surface area contributed by atoms with E-state index in [4.69, 9.17) is 14.7 Å². The lowest BCUT2D eigenvalue weighted by Gasteiger charge is -2.12. The summed E-state index contributed by atoms with van der Waals surface area (Å²) in [5, 5.41) is 8.82. The summed E-state index contributed by atoms with van der Waals surface area (Å²) in [7, 11) is 1.58. The number of rotatable bonds is 5. The SMILES string of the molecule is CCCOc1ccc(OC)cc1-c1ccc(C#N)c(=O)[nH]1. The zero-order chi connectivity index (χ0) is 15.2. The van der Waals surface area contributed by atoms with Gasteiger partial charge in [-0.05, 0) is 36.8 Å². The monoisotopic (exact) mass is 284 g/mol. The molecule has 1 aromatic heterocycles. The third-order valence-electron chi connectivity index (χ3n) is 2.97. The van der Waals surface area contributed by atoms with Crippen LogP contribution in [0.3, 0.4) is 0 Å². The van der Waals surface area contributed by atoms with Crippen molar-refractivity contribution in [1.29, 1.82) is 5.26 Å². The Hall–Kier alpha value is -2.74. The molecular weight excluding hydrogens is 268 g/mol. The summed E-state index contributed by atoms with van der Waals surface area (Å²) in [6, 6.07) is 10.4. The quantitative estimate of drug-likeness (QED) is 0.916. The maximum Gasteiger partial charge on any atom is 0.266 e. The van der Waals surface area contributed by atoms with Crippen LogP contribution >= 0.6 is 0 Å². The summed E-state index contributed by atoms with van der Waals surface area (Å²) in [4.78, 5) is 14.5. The maximum atomic E-state index is 11.8. The fraction of sp³-hybridized carbons (Fsp3) is 0.250. The molecule has 2 aromatic rings. The van der Waals surface area contributed by atoms with Crippen LogP contribution in [0.5, 0.6) is 11.5 Å². The number of nitrogens with zero attached hydrogens (tertiary/aromatic N) is 1. The standard InChI is InChI=1S/C16H16N2O3/c1-3-8-21-15-7-5-12(20-2)9-13(15)14-6-4-11(10-17)16(19)18-14/h4-7,9H,3,8H2,1-2H3,(H,18,19). The van der Waals surface area contributed by atoms with Crippen molar-refractivity contribution in [3.63, 3.8) is 0 Å². The average molecular weight is 284 g/mol. The number of hydrogen-bond donors (Lipinski definition) is 1. The molecule has 1 heterocycles. The smallest absolute Gasteiger partial charge is 0.266 e. The molecule has 0 radical (unpaired) electrons. The number of nitriles is 1. The van der Waals surface area contributed by atoms with Crippen LogP contribution < -0.4 is 15.0 Å². The van der Waals surface area contributed by atoms with E-state index < -0.39 is 5.56 Å². The van der Waals surface area contributed by atoms with Crippen molar-refractivity contribution in [2.75, 3.05) is 13.7 Å². The van der Waals surface area contributed by atoms with E-state index in [0.29, 0.717) is 23.8 Å². The third-order valence-corrected chi connectivity index (χ3v) is 2.97. The number of aromatic nitrogens is 1. The van der Waals surface area contributed by atoms with Crippen molar-refractivity contribution in [3.8, 4) is 28.8 Å². The van der Waals surface area contributed by atoms with E-state index in [-0.39, 0.29) is 5.56 Å². The predicted molar refractivity (Wildman–Crippen MR) is 79.6 cm³/mol. The van der Waals surface area contributed by atoms with Crippen LogP contribution in [0.2, 0.25) is 0 Å². The molecule has 0 atom stereocenters. The van der Waals surface area contributed by atoms with Crippen molar-refractivity contribution in [3.05, 3.63) is 46.2 Å². The number of ether oxygens (including phenoxy) is 2. The van der Waals surface area contributed by atoms with E-state index in [1.165, 1.54) is 6.07 Å². The van der Waals surface area contributed by atoms with Gasteiger partial charge in [-0.3, -0.25) is 4.79 Å². The first kappa shape index (κ1) is 14.7. The number of aromatic amines is 1. The van der Waals surface area contributed by atoms with Crippen LogP contribution in [0.4, 0.5) is 0 Å². The maximum absolute atomic E-state index is 11.8. The summed E-state index contributed by atoms with van der Waals surface area (Å²) < 4.78 is 10.9. The van der Waals surface area contributed by atoms with Gasteiger partial charge in [0.05, 0.1) is 19.4 Å². The van der Waals surface area contributed by atoms with Gasteiger partial charge in [-0.2, -0.15) is 5.26 Å². The highest BCUT2D eigenvalue weighted by atomic mass is 16.5. The van der Waals surface area contributed by atoms with Crippen molar-refractivity contribution in [2.24, 2.45) is 0 Å². The van der Waals surface area contributed by atoms with Gasteiger partial charge >= 0.3 is 0 Å². The summed E-state index contributed by atoms with van der Waals surface area (Å²) in [5.41, 5.74) is 0.977. The number of methoxy groups -OCH3 is 1. The van der Waals surface area contributed by atoms with Crippen molar-refractivity contribution in [1.82, 2.24) is 4.98 Å². The molecule has 0 unspecified atom stereocenters. The highest BCUT2D eigenvalue weighted by Gasteiger charge is 2.10. The molecule has 0 saturated heterocycles. The summed E-state index contributed by atoms with van der Waals surface area (Å²) >= 11 is 0. The van der Waals surface area contributed by atoms with Crippen LogP contribution in [0, 0.1) is 11.3 Å². The second kappa shape index (κ2) is 6.62. The van der Waals surface area contributed by atoms with E-state index in [1.807, 2.05) is 13.0 Å². The zero-order valence-corrected chi connectivity index (χ0v) is 12.0. The molecule has 0 spiro atoms. The Labute approximate surface area is 122 Å². The molecule has 21 heavy (non-hydrogen) atoms. The number of hydrogen-bond acceptors (Lipinski definition) is 4. The molecule has 0 aliphatic rings. The van der Waals surface area contributed by atoms with Gasteiger partial charge in [-0.15, -0.1) is 0 Å². The Morgan fingerprint density at radius 1 is 1.29 bits per heavy atom.